The van der Waals surface area contributed by atoms with E-state index in [-0.39, 0.29) is 10.8 Å². The molecule has 0 saturated carbocycles. The molecular formula is C21H22N2O3S2. The zero-order valence-electron chi connectivity index (χ0n) is 16.0. The lowest BCUT2D eigenvalue weighted by Crippen LogP contribution is -2.25. The van der Waals surface area contributed by atoms with E-state index in [1.165, 1.54) is 12.1 Å². The molecule has 0 aliphatic heterocycles. The molecule has 1 aromatic heterocycles. The van der Waals surface area contributed by atoms with Gasteiger partial charge in [-0.15, -0.1) is 11.3 Å². The molecule has 0 atom stereocenters. The van der Waals surface area contributed by atoms with Gasteiger partial charge in [-0.25, -0.2) is 8.42 Å². The number of carbonyl (C=O) groups excluding carboxylic acids is 1. The zero-order valence-corrected chi connectivity index (χ0v) is 17.6. The number of rotatable bonds is 6. The van der Waals surface area contributed by atoms with Crippen LogP contribution in [0.3, 0.4) is 0 Å². The van der Waals surface area contributed by atoms with Crippen molar-refractivity contribution >= 4 is 33.0 Å². The van der Waals surface area contributed by atoms with Gasteiger partial charge >= 0.3 is 0 Å². The molecule has 0 spiro atoms. The van der Waals surface area contributed by atoms with E-state index in [1.54, 1.807) is 47.5 Å². The van der Waals surface area contributed by atoms with Crippen LogP contribution in [0.5, 0.6) is 0 Å². The number of hydrogen-bond acceptors (Lipinski definition) is 4. The third kappa shape index (κ3) is 4.61. The van der Waals surface area contributed by atoms with Gasteiger partial charge < -0.3 is 4.90 Å². The predicted molar refractivity (Wildman–Crippen MR) is 113 cm³/mol. The van der Waals surface area contributed by atoms with Crippen LogP contribution in [0.4, 0.5) is 5.69 Å². The van der Waals surface area contributed by atoms with E-state index < -0.39 is 10.0 Å². The Balaban J connectivity index is 1.73. The van der Waals surface area contributed by atoms with Crippen molar-refractivity contribution in [3.05, 3.63) is 81.5 Å². The summed E-state index contributed by atoms with van der Waals surface area (Å²) in [5.41, 5.74) is 3.07. The van der Waals surface area contributed by atoms with Crippen LogP contribution in [0.1, 0.15) is 26.4 Å². The Bertz CT molecular complexity index is 1070. The second kappa shape index (κ2) is 8.16. The molecule has 0 radical (unpaired) electrons. The summed E-state index contributed by atoms with van der Waals surface area (Å²) >= 11 is 1.59. The second-order valence-corrected chi connectivity index (χ2v) is 9.38. The Morgan fingerprint density at radius 3 is 2.36 bits per heavy atom. The molecule has 3 aromatic rings. The molecule has 0 bridgehead atoms. The first kappa shape index (κ1) is 20.1. The minimum absolute atomic E-state index is 0.114. The number of hydrogen-bond donors (Lipinski definition) is 1. The van der Waals surface area contributed by atoms with Gasteiger partial charge in [-0.2, -0.15) is 0 Å². The highest BCUT2D eigenvalue weighted by Gasteiger charge is 2.17. The number of benzene rings is 2. The molecular weight excluding hydrogens is 392 g/mol. The van der Waals surface area contributed by atoms with Gasteiger partial charge in [-0.3, -0.25) is 9.52 Å². The Kier molecular flexibility index (Phi) is 5.86. The number of amides is 1. The van der Waals surface area contributed by atoms with E-state index in [1.807, 2.05) is 37.4 Å². The highest BCUT2D eigenvalue weighted by atomic mass is 32.2. The zero-order chi connectivity index (χ0) is 20.3. The number of sulfonamides is 1. The lowest BCUT2D eigenvalue weighted by molar-refractivity contribution is 0.0786. The van der Waals surface area contributed by atoms with Crippen LogP contribution in [0.2, 0.25) is 0 Å². The summed E-state index contributed by atoms with van der Waals surface area (Å²) in [7, 11) is -1.99. The summed E-state index contributed by atoms with van der Waals surface area (Å²) in [5.74, 6) is -0.153. The topological polar surface area (TPSA) is 66.5 Å². The Hall–Kier alpha value is -2.64. The third-order valence-electron chi connectivity index (χ3n) is 4.49. The van der Waals surface area contributed by atoms with Crippen LogP contribution in [-0.2, 0) is 16.6 Å². The molecule has 3 rings (SSSR count). The molecule has 0 fully saturated rings. The van der Waals surface area contributed by atoms with Crippen LogP contribution >= 0.6 is 11.3 Å². The van der Waals surface area contributed by atoms with Gasteiger partial charge in [0, 0.05) is 23.2 Å². The van der Waals surface area contributed by atoms with Crippen LogP contribution in [-0.4, -0.2) is 26.3 Å². The van der Waals surface area contributed by atoms with Crippen LogP contribution < -0.4 is 4.72 Å². The maximum atomic E-state index is 12.6. The summed E-state index contributed by atoms with van der Waals surface area (Å²) in [6.07, 6.45) is 0. The maximum absolute atomic E-state index is 12.6. The summed E-state index contributed by atoms with van der Waals surface area (Å²) in [6.45, 7) is 4.42. The Morgan fingerprint density at radius 1 is 1.04 bits per heavy atom. The second-order valence-electron chi connectivity index (χ2n) is 6.67. The fourth-order valence-corrected chi connectivity index (χ4v) is 4.53. The normalized spacial score (nSPS) is 11.2. The van der Waals surface area contributed by atoms with Crippen molar-refractivity contribution in [2.75, 3.05) is 11.8 Å². The summed E-state index contributed by atoms with van der Waals surface area (Å²) in [4.78, 5) is 15.4. The van der Waals surface area contributed by atoms with Crippen molar-refractivity contribution in [2.45, 2.75) is 25.3 Å². The number of nitrogens with one attached hydrogen (secondary N) is 1. The van der Waals surface area contributed by atoms with Gasteiger partial charge in [0.2, 0.25) is 0 Å². The van der Waals surface area contributed by atoms with Crippen molar-refractivity contribution in [1.82, 2.24) is 4.90 Å². The molecule has 146 valence electrons. The molecule has 5 nitrogen and oxygen atoms in total. The van der Waals surface area contributed by atoms with Crippen molar-refractivity contribution in [3.8, 4) is 0 Å². The maximum Gasteiger partial charge on any atom is 0.261 e. The van der Waals surface area contributed by atoms with E-state index in [9.17, 15) is 13.2 Å². The monoisotopic (exact) mass is 414 g/mol. The lowest BCUT2D eigenvalue weighted by atomic mass is 10.1. The van der Waals surface area contributed by atoms with Gasteiger partial charge in [0.15, 0.2) is 0 Å². The number of nitrogens with zero attached hydrogens (tertiary/aromatic N) is 1. The van der Waals surface area contributed by atoms with Crippen LogP contribution in [0, 0.1) is 13.8 Å². The fourth-order valence-electron chi connectivity index (χ4n) is 2.72. The molecule has 1 heterocycles. The van der Waals surface area contributed by atoms with Crippen LogP contribution in [0.25, 0.3) is 0 Å². The van der Waals surface area contributed by atoms with E-state index in [2.05, 4.69) is 4.72 Å². The van der Waals surface area contributed by atoms with Crippen molar-refractivity contribution in [2.24, 2.45) is 0 Å². The molecule has 0 aliphatic rings. The smallest absolute Gasteiger partial charge is 0.261 e. The molecule has 28 heavy (non-hydrogen) atoms. The highest BCUT2D eigenvalue weighted by molar-refractivity contribution is 7.92. The Labute approximate surface area is 169 Å². The average molecular weight is 415 g/mol. The highest BCUT2D eigenvalue weighted by Crippen LogP contribution is 2.20. The van der Waals surface area contributed by atoms with Gasteiger partial charge in [0.1, 0.15) is 0 Å². The third-order valence-corrected chi connectivity index (χ3v) is 6.75. The predicted octanol–water partition coefficient (Wildman–Crippen LogP) is 4.44. The van der Waals surface area contributed by atoms with E-state index in [0.717, 1.165) is 16.0 Å². The van der Waals surface area contributed by atoms with Gasteiger partial charge in [-0.1, -0.05) is 12.1 Å². The minimum atomic E-state index is -3.72. The Morgan fingerprint density at radius 2 is 1.75 bits per heavy atom. The molecule has 1 N–H and O–H groups in total. The minimum Gasteiger partial charge on any atom is -0.337 e. The molecule has 7 heteroatoms. The number of anilines is 1. The number of thiophene rings is 1. The largest absolute Gasteiger partial charge is 0.337 e. The number of carbonyl (C=O) groups is 1. The first-order chi connectivity index (χ1) is 13.3. The molecule has 2 aromatic carbocycles. The molecule has 0 aliphatic carbocycles. The standard InChI is InChI=1S/C21H22N2O3S2/c1-15-6-9-18(13-16(15)2)22-28(25,26)20-10-7-17(8-11-20)21(24)23(3)14-19-5-4-12-27-19/h4-13,22H,14H2,1-3H3. The van der Waals surface area contributed by atoms with Crippen molar-refractivity contribution in [1.29, 1.82) is 0 Å². The van der Waals surface area contributed by atoms with E-state index >= 15 is 0 Å². The summed E-state index contributed by atoms with van der Waals surface area (Å²) < 4.78 is 27.8. The molecule has 0 saturated heterocycles. The quantitative estimate of drug-likeness (QED) is 0.648. The first-order valence-corrected chi connectivity index (χ1v) is 11.1. The van der Waals surface area contributed by atoms with Gasteiger partial charge in [0.05, 0.1) is 11.4 Å². The summed E-state index contributed by atoms with van der Waals surface area (Å²) in [6, 6.07) is 15.3. The lowest BCUT2D eigenvalue weighted by Gasteiger charge is -2.16. The number of aryl methyl sites for hydroxylation is 2. The molecule has 1 amide bonds. The van der Waals surface area contributed by atoms with Gasteiger partial charge in [0.25, 0.3) is 15.9 Å². The van der Waals surface area contributed by atoms with Crippen LogP contribution in [0.15, 0.2) is 64.9 Å². The summed E-state index contributed by atoms with van der Waals surface area (Å²) in [5, 5.41) is 1.97. The fraction of sp³-hybridized carbons (Fsp3) is 0.190. The molecule has 0 unspecified atom stereocenters. The van der Waals surface area contributed by atoms with E-state index in [0.29, 0.717) is 17.8 Å². The van der Waals surface area contributed by atoms with Crippen molar-refractivity contribution < 1.29 is 13.2 Å². The van der Waals surface area contributed by atoms with Crippen molar-refractivity contribution in [3.63, 3.8) is 0 Å². The average Bonchev–Trinajstić information content (AvgIpc) is 3.17. The van der Waals surface area contributed by atoms with Gasteiger partial charge in [-0.05, 0) is 72.8 Å². The first-order valence-electron chi connectivity index (χ1n) is 8.74. The SMILES string of the molecule is Cc1ccc(NS(=O)(=O)c2ccc(C(=O)N(C)Cc3cccs3)cc2)cc1C. The van der Waals surface area contributed by atoms with E-state index in [4.69, 9.17) is 0 Å².